The lowest BCUT2D eigenvalue weighted by molar-refractivity contribution is 0.103. The Morgan fingerprint density at radius 2 is 1.24 bits per heavy atom. The van der Waals surface area contributed by atoms with Crippen LogP contribution in [0.15, 0.2) is 48.5 Å². The first-order chi connectivity index (χ1) is 14.1. The van der Waals surface area contributed by atoms with Gasteiger partial charge >= 0.3 is 0 Å². The van der Waals surface area contributed by atoms with E-state index in [1.807, 2.05) is 67.5 Å². The first-order valence-corrected chi connectivity index (χ1v) is 11.4. The fourth-order valence-corrected chi connectivity index (χ4v) is 3.47. The minimum Gasteiger partial charge on any atom is -0.494 e. The van der Waals surface area contributed by atoms with Crippen molar-refractivity contribution >= 4 is 24.1 Å². The summed E-state index contributed by atoms with van der Waals surface area (Å²) in [6, 6.07) is 15.2. The first kappa shape index (κ1) is 23.3. The van der Waals surface area contributed by atoms with Gasteiger partial charge in [0, 0.05) is 30.9 Å². The monoisotopic (exact) mass is 413 g/mol. The number of rotatable bonds is 14. The summed E-state index contributed by atoms with van der Waals surface area (Å²) in [7, 11) is 3.98. The Balaban J connectivity index is 1.67. The molecule has 0 spiro atoms. The van der Waals surface area contributed by atoms with Crippen LogP contribution < -0.4 is 9.64 Å². The highest BCUT2D eigenvalue weighted by atomic mass is 32.1. The van der Waals surface area contributed by atoms with Crippen molar-refractivity contribution in [2.24, 2.45) is 0 Å². The molecular formula is C25H35NO2S. The van der Waals surface area contributed by atoms with E-state index < -0.39 is 0 Å². The number of benzene rings is 2. The zero-order valence-corrected chi connectivity index (χ0v) is 18.8. The Hall–Kier alpha value is -1.94. The number of carbonyl (C=O) groups is 1. The molecule has 0 saturated carbocycles. The molecule has 158 valence electrons. The maximum Gasteiger partial charge on any atom is 0.193 e. The summed E-state index contributed by atoms with van der Waals surface area (Å²) in [6.45, 7) is 0.735. The molecule has 0 aromatic heterocycles. The zero-order chi connectivity index (χ0) is 20.9. The molecule has 4 heteroatoms. The molecule has 0 aliphatic carbocycles. The Morgan fingerprint density at radius 3 is 1.76 bits per heavy atom. The second kappa shape index (κ2) is 13.3. The lowest BCUT2D eigenvalue weighted by atomic mass is 10.0. The van der Waals surface area contributed by atoms with E-state index >= 15 is 0 Å². The highest BCUT2D eigenvalue weighted by Crippen LogP contribution is 2.18. The van der Waals surface area contributed by atoms with E-state index in [4.69, 9.17) is 4.74 Å². The van der Waals surface area contributed by atoms with E-state index in [-0.39, 0.29) is 5.78 Å². The number of ether oxygens (including phenoxy) is 1. The number of unbranched alkanes of at least 4 members (excludes halogenated alkanes) is 7. The van der Waals surface area contributed by atoms with Crippen LogP contribution in [-0.2, 0) is 0 Å². The third-order valence-electron chi connectivity index (χ3n) is 5.08. The normalized spacial score (nSPS) is 10.7. The van der Waals surface area contributed by atoms with Crippen LogP contribution in [-0.4, -0.2) is 32.2 Å². The molecule has 2 aromatic carbocycles. The van der Waals surface area contributed by atoms with Crippen molar-refractivity contribution in [2.45, 2.75) is 51.4 Å². The van der Waals surface area contributed by atoms with Crippen molar-refractivity contribution in [1.82, 2.24) is 0 Å². The second-order valence-electron chi connectivity index (χ2n) is 7.70. The minimum absolute atomic E-state index is 0.0382. The zero-order valence-electron chi connectivity index (χ0n) is 17.9. The quantitative estimate of drug-likeness (QED) is 0.220. The summed E-state index contributed by atoms with van der Waals surface area (Å²) < 4.78 is 5.82. The predicted octanol–water partition coefficient (Wildman–Crippen LogP) is 6.41. The van der Waals surface area contributed by atoms with E-state index in [0.29, 0.717) is 11.1 Å². The van der Waals surface area contributed by atoms with Gasteiger partial charge in [0.05, 0.1) is 6.61 Å². The Kier molecular flexibility index (Phi) is 10.7. The van der Waals surface area contributed by atoms with Gasteiger partial charge in [0.1, 0.15) is 5.75 Å². The molecular weight excluding hydrogens is 378 g/mol. The fourth-order valence-electron chi connectivity index (χ4n) is 3.24. The van der Waals surface area contributed by atoms with Crippen molar-refractivity contribution < 1.29 is 9.53 Å². The van der Waals surface area contributed by atoms with E-state index in [2.05, 4.69) is 12.6 Å². The highest BCUT2D eigenvalue weighted by molar-refractivity contribution is 7.80. The van der Waals surface area contributed by atoms with Gasteiger partial charge in [0.2, 0.25) is 0 Å². The Labute approximate surface area is 181 Å². The minimum atomic E-state index is 0.0382. The molecule has 0 N–H and O–H groups in total. The lowest BCUT2D eigenvalue weighted by Crippen LogP contribution is -2.09. The molecule has 0 saturated heterocycles. The van der Waals surface area contributed by atoms with Gasteiger partial charge < -0.3 is 9.64 Å². The van der Waals surface area contributed by atoms with Gasteiger partial charge in [0.25, 0.3) is 0 Å². The highest BCUT2D eigenvalue weighted by Gasteiger charge is 2.09. The number of hydrogen-bond acceptors (Lipinski definition) is 4. The van der Waals surface area contributed by atoms with Crippen molar-refractivity contribution in [3.8, 4) is 5.75 Å². The summed E-state index contributed by atoms with van der Waals surface area (Å²) in [5, 5.41) is 0. The van der Waals surface area contributed by atoms with Crippen LogP contribution in [0.25, 0.3) is 0 Å². The van der Waals surface area contributed by atoms with E-state index in [9.17, 15) is 4.79 Å². The number of nitrogens with zero attached hydrogens (tertiary/aromatic N) is 1. The van der Waals surface area contributed by atoms with E-state index in [1.54, 1.807) is 0 Å². The summed E-state index contributed by atoms with van der Waals surface area (Å²) in [4.78, 5) is 14.6. The van der Waals surface area contributed by atoms with Gasteiger partial charge in [-0.2, -0.15) is 12.6 Å². The van der Waals surface area contributed by atoms with Crippen molar-refractivity contribution in [1.29, 1.82) is 0 Å². The average Bonchev–Trinajstić information content (AvgIpc) is 2.75. The molecule has 0 aliphatic heterocycles. The maximum absolute atomic E-state index is 12.6. The van der Waals surface area contributed by atoms with Crippen LogP contribution >= 0.6 is 12.6 Å². The van der Waals surface area contributed by atoms with Crippen molar-refractivity contribution in [3.05, 3.63) is 59.7 Å². The largest absolute Gasteiger partial charge is 0.494 e. The SMILES string of the molecule is CN(C)c1ccc(C(=O)c2ccc(OCCCCCCCCCCS)cc2)cc1. The molecule has 0 amide bonds. The molecule has 2 aromatic rings. The molecule has 0 atom stereocenters. The number of hydrogen-bond donors (Lipinski definition) is 1. The summed E-state index contributed by atoms with van der Waals surface area (Å²) >= 11 is 4.24. The Morgan fingerprint density at radius 1 is 0.759 bits per heavy atom. The maximum atomic E-state index is 12.6. The standard InChI is InChI=1S/C25H35NO2S/c1-26(2)23-15-11-21(12-16-23)25(27)22-13-17-24(18-14-22)28-19-9-7-5-3-4-6-8-10-20-29/h11-18,29H,3-10,19-20H2,1-2H3. The summed E-state index contributed by atoms with van der Waals surface area (Å²) in [5.41, 5.74) is 2.47. The van der Waals surface area contributed by atoms with Gasteiger partial charge in [-0.05, 0) is 67.1 Å². The molecule has 0 fully saturated rings. The average molecular weight is 414 g/mol. The molecule has 3 nitrogen and oxygen atoms in total. The van der Waals surface area contributed by atoms with Crippen LogP contribution in [0.3, 0.4) is 0 Å². The molecule has 0 aliphatic rings. The van der Waals surface area contributed by atoms with Crippen LogP contribution in [0.4, 0.5) is 5.69 Å². The van der Waals surface area contributed by atoms with Gasteiger partial charge in [-0.15, -0.1) is 0 Å². The van der Waals surface area contributed by atoms with Crippen LogP contribution in [0, 0.1) is 0 Å². The third kappa shape index (κ3) is 8.53. The first-order valence-electron chi connectivity index (χ1n) is 10.8. The van der Waals surface area contributed by atoms with Crippen LogP contribution in [0.1, 0.15) is 67.3 Å². The molecule has 0 bridgehead atoms. The number of ketones is 1. The molecule has 2 rings (SSSR count). The number of carbonyl (C=O) groups excluding carboxylic acids is 1. The van der Waals surface area contributed by atoms with E-state index in [0.717, 1.165) is 30.2 Å². The summed E-state index contributed by atoms with van der Waals surface area (Å²) in [6.07, 6.45) is 10.1. The second-order valence-corrected chi connectivity index (χ2v) is 8.14. The van der Waals surface area contributed by atoms with Gasteiger partial charge in [-0.1, -0.05) is 38.5 Å². The number of thiol groups is 1. The molecule has 0 unspecified atom stereocenters. The van der Waals surface area contributed by atoms with Crippen LogP contribution in [0.5, 0.6) is 5.75 Å². The topological polar surface area (TPSA) is 29.5 Å². The van der Waals surface area contributed by atoms with E-state index in [1.165, 1.54) is 44.9 Å². The summed E-state index contributed by atoms with van der Waals surface area (Å²) in [5.74, 6) is 1.88. The van der Waals surface area contributed by atoms with Gasteiger partial charge in [-0.25, -0.2) is 0 Å². The smallest absolute Gasteiger partial charge is 0.193 e. The number of anilines is 1. The van der Waals surface area contributed by atoms with Crippen LogP contribution in [0.2, 0.25) is 0 Å². The fraction of sp³-hybridized carbons (Fsp3) is 0.480. The lowest BCUT2D eigenvalue weighted by Gasteiger charge is -2.12. The van der Waals surface area contributed by atoms with Gasteiger partial charge in [0.15, 0.2) is 5.78 Å². The molecule has 29 heavy (non-hydrogen) atoms. The van der Waals surface area contributed by atoms with Crippen molar-refractivity contribution in [2.75, 3.05) is 31.4 Å². The van der Waals surface area contributed by atoms with Gasteiger partial charge in [-0.3, -0.25) is 4.79 Å². The van der Waals surface area contributed by atoms with Crippen molar-refractivity contribution in [3.63, 3.8) is 0 Å². The third-order valence-corrected chi connectivity index (χ3v) is 5.40. The Bertz CT molecular complexity index is 711. The predicted molar refractivity (Wildman–Crippen MR) is 127 cm³/mol. The molecule has 0 heterocycles. The molecule has 0 radical (unpaired) electrons.